The van der Waals surface area contributed by atoms with Crippen molar-refractivity contribution in [1.29, 1.82) is 0 Å². The van der Waals surface area contributed by atoms with Crippen LogP contribution in [-0.2, 0) is 4.79 Å². The lowest BCUT2D eigenvalue weighted by Crippen LogP contribution is -2.44. The number of amides is 1. The Balaban J connectivity index is 1.78. The highest BCUT2D eigenvalue weighted by molar-refractivity contribution is 5.73. The summed E-state index contributed by atoms with van der Waals surface area (Å²) in [5.74, 6) is 0.662. The van der Waals surface area contributed by atoms with Crippen molar-refractivity contribution in [2.75, 3.05) is 19.6 Å². The van der Waals surface area contributed by atoms with Gasteiger partial charge < -0.3 is 10.2 Å². The van der Waals surface area contributed by atoms with Gasteiger partial charge in [0, 0.05) is 32.6 Å². The van der Waals surface area contributed by atoms with Gasteiger partial charge in [-0.2, -0.15) is 0 Å². The molecule has 1 aromatic rings. The van der Waals surface area contributed by atoms with Crippen molar-refractivity contribution in [3.8, 4) is 0 Å². The second-order valence-corrected chi connectivity index (χ2v) is 5.59. The Morgan fingerprint density at radius 1 is 1.32 bits per heavy atom. The minimum atomic E-state index is 0.0936. The summed E-state index contributed by atoms with van der Waals surface area (Å²) in [6.45, 7) is 7.17. The molecule has 1 fully saturated rings. The second-order valence-electron chi connectivity index (χ2n) is 5.59. The van der Waals surface area contributed by atoms with E-state index in [1.54, 1.807) is 6.92 Å². The third-order valence-corrected chi connectivity index (χ3v) is 3.90. The van der Waals surface area contributed by atoms with E-state index in [1.165, 1.54) is 5.56 Å². The van der Waals surface area contributed by atoms with E-state index in [0.717, 1.165) is 32.5 Å². The molecule has 0 bridgehead atoms. The molecule has 0 saturated carbocycles. The zero-order valence-corrected chi connectivity index (χ0v) is 11.9. The number of piperidine rings is 1. The van der Waals surface area contributed by atoms with Crippen LogP contribution in [-0.4, -0.2) is 36.5 Å². The van der Waals surface area contributed by atoms with Gasteiger partial charge in [0.15, 0.2) is 0 Å². The maximum atomic E-state index is 11.0. The van der Waals surface area contributed by atoms with Crippen LogP contribution >= 0.6 is 0 Å². The molecule has 1 N–H and O–H groups in total. The zero-order chi connectivity index (χ0) is 13.7. The van der Waals surface area contributed by atoms with Crippen LogP contribution in [0.2, 0.25) is 0 Å². The van der Waals surface area contributed by atoms with Gasteiger partial charge in [0.2, 0.25) is 5.91 Å². The van der Waals surface area contributed by atoms with Crippen LogP contribution in [0.1, 0.15) is 38.2 Å². The molecule has 1 unspecified atom stereocenters. The van der Waals surface area contributed by atoms with Crippen LogP contribution in [0.5, 0.6) is 0 Å². The summed E-state index contributed by atoms with van der Waals surface area (Å²) in [4.78, 5) is 13.5. The average Bonchev–Trinajstić information content (AvgIpc) is 2.41. The molecule has 3 nitrogen and oxygen atoms in total. The first kappa shape index (κ1) is 14.1. The maximum Gasteiger partial charge on any atom is 0.217 e. The van der Waals surface area contributed by atoms with Crippen LogP contribution in [0.4, 0.5) is 0 Å². The lowest BCUT2D eigenvalue weighted by molar-refractivity contribution is -0.119. The lowest BCUT2D eigenvalue weighted by atomic mass is 9.98. The number of carbonyl (C=O) groups is 1. The first-order valence-corrected chi connectivity index (χ1v) is 7.19. The largest absolute Gasteiger partial charge is 0.354 e. The van der Waals surface area contributed by atoms with Crippen molar-refractivity contribution in [1.82, 2.24) is 10.2 Å². The van der Waals surface area contributed by atoms with E-state index in [2.05, 4.69) is 47.5 Å². The Morgan fingerprint density at radius 2 is 1.95 bits per heavy atom. The monoisotopic (exact) mass is 260 g/mol. The summed E-state index contributed by atoms with van der Waals surface area (Å²) in [6.07, 6.45) is 2.14. The standard InChI is InChI=1S/C16H24N2O/c1-13(15-6-4-3-5-7-15)12-18-10-8-16(9-11-18)17-14(2)19/h3-7,13,16H,8-12H2,1-2H3,(H,17,19). The SMILES string of the molecule is CC(=O)NC1CCN(CC(C)c2ccccc2)CC1. The van der Waals surface area contributed by atoms with E-state index in [0.29, 0.717) is 12.0 Å². The van der Waals surface area contributed by atoms with Crippen molar-refractivity contribution < 1.29 is 4.79 Å². The van der Waals surface area contributed by atoms with Gasteiger partial charge in [0.05, 0.1) is 0 Å². The Kier molecular flexibility index (Phi) is 4.97. The van der Waals surface area contributed by atoms with Crippen LogP contribution in [0, 0.1) is 0 Å². The van der Waals surface area contributed by atoms with Crippen LogP contribution in [0.15, 0.2) is 30.3 Å². The van der Waals surface area contributed by atoms with E-state index in [4.69, 9.17) is 0 Å². The number of carbonyl (C=O) groups excluding carboxylic acids is 1. The number of hydrogen-bond donors (Lipinski definition) is 1. The van der Waals surface area contributed by atoms with Gasteiger partial charge in [-0.15, -0.1) is 0 Å². The molecule has 0 spiro atoms. The summed E-state index contributed by atoms with van der Waals surface area (Å²) in [6, 6.07) is 11.1. The Bertz CT molecular complexity index is 396. The molecular weight excluding hydrogens is 236 g/mol. The Labute approximate surface area is 116 Å². The number of likely N-dealkylation sites (tertiary alicyclic amines) is 1. The van der Waals surface area contributed by atoms with Gasteiger partial charge in [0.25, 0.3) is 0 Å². The van der Waals surface area contributed by atoms with Crippen LogP contribution in [0.3, 0.4) is 0 Å². The molecule has 104 valence electrons. The van der Waals surface area contributed by atoms with Crippen molar-refractivity contribution in [2.24, 2.45) is 0 Å². The highest BCUT2D eigenvalue weighted by atomic mass is 16.1. The summed E-state index contributed by atoms with van der Waals surface area (Å²) in [5.41, 5.74) is 1.41. The van der Waals surface area contributed by atoms with E-state index in [9.17, 15) is 4.79 Å². The van der Waals surface area contributed by atoms with Crippen molar-refractivity contribution in [3.63, 3.8) is 0 Å². The Morgan fingerprint density at radius 3 is 2.53 bits per heavy atom. The summed E-state index contributed by atoms with van der Waals surface area (Å²) in [7, 11) is 0. The molecule has 2 rings (SSSR count). The molecule has 19 heavy (non-hydrogen) atoms. The van der Waals surface area contributed by atoms with Crippen LogP contribution < -0.4 is 5.32 Å². The number of nitrogens with one attached hydrogen (secondary N) is 1. The summed E-state index contributed by atoms with van der Waals surface area (Å²) < 4.78 is 0. The third-order valence-electron chi connectivity index (χ3n) is 3.90. The number of rotatable bonds is 4. The van der Waals surface area contributed by atoms with E-state index in [-0.39, 0.29) is 5.91 Å². The average molecular weight is 260 g/mol. The Hall–Kier alpha value is -1.35. The molecule has 0 radical (unpaired) electrons. The first-order chi connectivity index (χ1) is 9.15. The van der Waals surface area contributed by atoms with Crippen molar-refractivity contribution in [3.05, 3.63) is 35.9 Å². The van der Waals surface area contributed by atoms with E-state index >= 15 is 0 Å². The molecular formula is C16H24N2O. The fourth-order valence-electron chi connectivity index (χ4n) is 2.82. The molecule has 1 aliphatic rings. The highest BCUT2D eigenvalue weighted by Gasteiger charge is 2.21. The number of benzene rings is 1. The molecule has 1 aliphatic heterocycles. The molecule has 1 amide bonds. The van der Waals surface area contributed by atoms with Crippen molar-refractivity contribution in [2.45, 2.75) is 38.6 Å². The normalized spacial score (nSPS) is 19.1. The minimum Gasteiger partial charge on any atom is -0.354 e. The quantitative estimate of drug-likeness (QED) is 0.901. The van der Waals surface area contributed by atoms with Gasteiger partial charge in [-0.3, -0.25) is 4.79 Å². The minimum absolute atomic E-state index is 0.0936. The summed E-state index contributed by atoms with van der Waals surface area (Å²) in [5, 5.41) is 3.02. The highest BCUT2D eigenvalue weighted by Crippen LogP contribution is 2.19. The molecule has 3 heteroatoms. The molecule has 0 aromatic heterocycles. The fraction of sp³-hybridized carbons (Fsp3) is 0.562. The van der Waals surface area contributed by atoms with Gasteiger partial charge in [-0.05, 0) is 24.3 Å². The molecule has 1 atom stereocenters. The van der Waals surface area contributed by atoms with Gasteiger partial charge in [0.1, 0.15) is 0 Å². The van der Waals surface area contributed by atoms with Gasteiger partial charge in [-0.1, -0.05) is 37.3 Å². The predicted octanol–water partition coefficient (Wildman–Crippen LogP) is 2.39. The summed E-state index contributed by atoms with van der Waals surface area (Å²) >= 11 is 0. The van der Waals surface area contributed by atoms with Gasteiger partial charge in [-0.25, -0.2) is 0 Å². The van der Waals surface area contributed by atoms with Gasteiger partial charge >= 0.3 is 0 Å². The smallest absolute Gasteiger partial charge is 0.217 e. The van der Waals surface area contributed by atoms with E-state index in [1.807, 2.05) is 0 Å². The van der Waals surface area contributed by atoms with Crippen LogP contribution in [0.25, 0.3) is 0 Å². The van der Waals surface area contributed by atoms with Crippen molar-refractivity contribution >= 4 is 5.91 Å². The predicted molar refractivity (Wildman–Crippen MR) is 78.1 cm³/mol. The molecule has 1 saturated heterocycles. The molecule has 1 heterocycles. The number of hydrogen-bond acceptors (Lipinski definition) is 2. The third kappa shape index (κ3) is 4.35. The first-order valence-electron chi connectivity index (χ1n) is 7.19. The number of nitrogens with zero attached hydrogens (tertiary/aromatic N) is 1. The molecule has 0 aliphatic carbocycles. The zero-order valence-electron chi connectivity index (χ0n) is 11.9. The fourth-order valence-corrected chi connectivity index (χ4v) is 2.82. The van der Waals surface area contributed by atoms with E-state index < -0.39 is 0 Å². The second kappa shape index (κ2) is 6.71. The maximum absolute atomic E-state index is 11.0. The lowest BCUT2D eigenvalue weighted by Gasteiger charge is -2.33. The topological polar surface area (TPSA) is 32.3 Å². The molecule has 1 aromatic carbocycles.